The zero-order valence-corrected chi connectivity index (χ0v) is 23.6. The monoisotopic (exact) mass is 547 g/mol. The number of methoxy groups -OCH3 is 1. The van der Waals surface area contributed by atoms with Crippen molar-refractivity contribution < 1.29 is 28.5 Å². The van der Waals surface area contributed by atoms with Gasteiger partial charge in [-0.05, 0) is 64.5 Å². The zero-order valence-electron chi connectivity index (χ0n) is 23.6. The molecule has 0 unspecified atom stereocenters. The molecule has 5 atom stereocenters. The Bertz CT molecular complexity index is 1400. The fourth-order valence-corrected chi connectivity index (χ4v) is 6.45. The van der Waals surface area contributed by atoms with Gasteiger partial charge in [0.2, 0.25) is 11.8 Å². The van der Waals surface area contributed by atoms with Crippen LogP contribution in [0.2, 0.25) is 0 Å². The maximum Gasteiger partial charge on any atom is 0.341 e. The molecule has 1 aromatic heterocycles. The summed E-state index contributed by atoms with van der Waals surface area (Å²) in [6.07, 6.45) is 8.53. The second-order valence-electron chi connectivity index (χ2n) is 11.4. The number of ether oxygens (including phenoxy) is 4. The summed E-state index contributed by atoms with van der Waals surface area (Å²) in [5, 5.41) is 0.847. The van der Waals surface area contributed by atoms with E-state index in [1.807, 2.05) is 44.0 Å². The molecule has 1 amide bonds. The van der Waals surface area contributed by atoms with E-state index in [1.54, 1.807) is 7.11 Å². The topological polar surface area (TPSA) is 99.6 Å². The van der Waals surface area contributed by atoms with Gasteiger partial charge in [-0.2, -0.15) is 0 Å². The number of rotatable bonds is 5. The molecule has 9 heteroatoms. The lowest BCUT2D eigenvalue weighted by atomic mass is 9.94. The van der Waals surface area contributed by atoms with Crippen molar-refractivity contribution >= 4 is 28.7 Å². The summed E-state index contributed by atoms with van der Waals surface area (Å²) in [6.45, 7) is 5.04. The lowest BCUT2D eigenvalue weighted by Crippen LogP contribution is -2.37. The van der Waals surface area contributed by atoms with Gasteiger partial charge < -0.3 is 23.8 Å². The fraction of sp³-hybridized carbons (Fsp3) is 0.548. The fourth-order valence-electron chi connectivity index (χ4n) is 6.45. The molecule has 9 nitrogen and oxygen atoms in total. The second kappa shape index (κ2) is 10.4. The molecule has 1 spiro atoms. The molecular weight excluding hydrogens is 510 g/mol. The molecule has 2 fully saturated rings. The Morgan fingerprint density at radius 1 is 1.15 bits per heavy atom. The van der Waals surface area contributed by atoms with Crippen LogP contribution in [0.1, 0.15) is 51.0 Å². The van der Waals surface area contributed by atoms with Crippen molar-refractivity contribution in [3.05, 3.63) is 35.9 Å². The standard InChI is InChI=1S/C31H37N3O6/c1-5-38-26-16-25(21-11-12-24(37-4)18(2)27(21)32-26)39-20-14-22-23(15-20)29(35)34(3)13-9-7-6-8-10-19-17-31(19)30(36)40-28(22)33-31/h8,10-12,16,19-20,22-23H,5-7,9,13-15,17H2,1-4H3/b10-8-/t19-,20+,22+,23+,31+/m0/s1. The van der Waals surface area contributed by atoms with Crippen LogP contribution in [0.3, 0.4) is 0 Å². The Morgan fingerprint density at radius 3 is 2.77 bits per heavy atom. The number of aryl methyl sites for hydroxylation is 1. The number of allylic oxidation sites excluding steroid dienone is 1. The van der Waals surface area contributed by atoms with E-state index in [-0.39, 0.29) is 35.7 Å². The van der Waals surface area contributed by atoms with Gasteiger partial charge in [-0.1, -0.05) is 12.2 Å². The maximum absolute atomic E-state index is 13.7. The first kappa shape index (κ1) is 26.6. The van der Waals surface area contributed by atoms with Crippen molar-refractivity contribution in [3.8, 4) is 17.4 Å². The molecule has 2 saturated carbocycles. The van der Waals surface area contributed by atoms with Crippen LogP contribution in [0, 0.1) is 24.7 Å². The lowest BCUT2D eigenvalue weighted by Gasteiger charge is -2.24. The minimum atomic E-state index is -0.807. The number of carbonyl (C=O) groups excluding carboxylic acids is 2. The Labute approximate surface area is 234 Å². The Hall–Kier alpha value is -3.62. The highest BCUT2D eigenvalue weighted by molar-refractivity contribution is 6.04. The van der Waals surface area contributed by atoms with E-state index < -0.39 is 5.54 Å². The average Bonchev–Trinajstić information content (AvgIpc) is 3.30. The third kappa shape index (κ3) is 4.59. The number of aliphatic imine (C=N–C) groups is 1. The quantitative estimate of drug-likeness (QED) is 0.397. The summed E-state index contributed by atoms with van der Waals surface area (Å²) in [5.41, 5.74) is 0.837. The molecule has 3 heterocycles. The van der Waals surface area contributed by atoms with Gasteiger partial charge >= 0.3 is 5.97 Å². The van der Waals surface area contributed by atoms with Gasteiger partial charge in [0.25, 0.3) is 0 Å². The third-order valence-electron chi connectivity index (χ3n) is 8.79. The summed E-state index contributed by atoms with van der Waals surface area (Å²) in [6, 6.07) is 5.66. The van der Waals surface area contributed by atoms with Crippen molar-refractivity contribution in [3.63, 3.8) is 0 Å². The van der Waals surface area contributed by atoms with Crippen LogP contribution in [0.4, 0.5) is 0 Å². The van der Waals surface area contributed by atoms with E-state index in [0.717, 1.165) is 41.5 Å². The number of benzene rings is 1. The number of hydrogen-bond donors (Lipinski definition) is 0. The van der Waals surface area contributed by atoms with E-state index in [9.17, 15) is 9.59 Å². The number of fused-ring (bicyclic) bond motifs is 3. The van der Waals surface area contributed by atoms with Crippen LogP contribution in [0.15, 0.2) is 35.3 Å². The highest BCUT2D eigenvalue weighted by Gasteiger charge is 2.65. The van der Waals surface area contributed by atoms with E-state index in [1.165, 1.54) is 0 Å². The largest absolute Gasteiger partial charge is 0.496 e. The summed E-state index contributed by atoms with van der Waals surface area (Å²) in [7, 11) is 3.50. The van der Waals surface area contributed by atoms with Gasteiger partial charge in [-0.15, -0.1) is 0 Å². The predicted molar refractivity (Wildman–Crippen MR) is 150 cm³/mol. The van der Waals surface area contributed by atoms with Gasteiger partial charge in [0, 0.05) is 36.5 Å². The average molecular weight is 548 g/mol. The Balaban J connectivity index is 1.33. The molecule has 0 radical (unpaired) electrons. The number of esters is 1. The molecule has 2 aromatic rings. The number of carbonyl (C=O) groups is 2. The lowest BCUT2D eigenvalue weighted by molar-refractivity contribution is -0.138. The van der Waals surface area contributed by atoms with Crippen LogP contribution in [0.25, 0.3) is 10.9 Å². The van der Waals surface area contributed by atoms with Crippen molar-refractivity contribution in [1.82, 2.24) is 9.88 Å². The number of pyridine rings is 1. The molecule has 1 aromatic carbocycles. The van der Waals surface area contributed by atoms with E-state index in [4.69, 9.17) is 28.9 Å². The van der Waals surface area contributed by atoms with Gasteiger partial charge in [0.15, 0.2) is 11.4 Å². The Kier molecular flexibility index (Phi) is 6.92. The predicted octanol–water partition coefficient (Wildman–Crippen LogP) is 4.64. The Morgan fingerprint density at radius 2 is 1.98 bits per heavy atom. The summed E-state index contributed by atoms with van der Waals surface area (Å²) in [4.78, 5) is 38.1. The first-order chi connectivity index (χ1) is 19.3. The number of hydrogen-bond acceptors (Lipinski definition) is 8. The smallest absolute Gasteiger partial charge is 0.341 e. The van der Waals surface area contributed by atoms with Crippen molar-refractivity contribution in [1.29, 1.82) is 0 Å². The zero-order chi connectivity index (χ0) is 28.0. The van der Waals surface area contributed by atoms with Crippen LogP contribution >= 0.6 is 0 Å². The van der Waals surface area contributed by atoms with Crippen LogP contribution in [-0.4, -0.2) is 66.6 Å². The molecule has 40 heavy (non-hydrogen) atoms. The van der Waals surface area contributed by atoms with E-state index >= 15 is 0 Å². The molecule has 2 aliphatic carbocycles. The summed E-state index contributed by atoms with van der Waals surface area (Å²) in [5.74, 6) is 1.37. The maximum atomic E-state index is 13.7. The minimum Gasteiger partial charge on any atom is -0.496 e. The van der Waals surface area contributed by atoms with E-state index in [2.05, 4.69) is 12.2 Å². The molecule has 0 saturated heterocycles. The SMILES string of the molecule is CCOc1cc(O[C@H]2C[C@H]3C(=O)N(C)CCCC/C=C\[C@H]4C[C@@]45N=C(OC5=O)[C@@H]3C2)c2ccc(OC)c(C)c2n1. The van der Waals surface area contributed by atoms with Crippen molar-refractivity contribution in [2.75, 3.05) is 27.3 Å². The van der Waals surface area contributed by atoms with Gasteiger partial charge in [0.05, 0.1) is 31.1 Å². The molecule has 4 aliphatic rings. The molecule has 212 valence electrons. The molecule has 6 rings (SSSR count). The highest BCUT2D eigenvalue weighted by atomic mass is 16.6. The molecular formula is C31H37N3O6. The molecule has 2 aliphatic heterocycles. The normalized spacial score (nSPS) is 30.6. The number of nitrogens with zero attached hydrogens (tertiary/aromatic N) is 3. The highest BCUT2D eigenvalue weighted by Crippen LogP contribution is 2.53. The summed E-state index contributed by atoms with van der Waals surface area (Å²) < 4.78 is 23.7. The minimum absolute atomic E-state index is 0.0471. The van der Waals surface area contributed by atoms with Crippen molar-refractivity contribution in [2.45, 2.75) is 64.0 Å². The van der Waals surface area contributed by atoms with Crippen LogP contribution in [-0.2, 0) is 14.3 Å². The van der Waals surface area contributed by atoms with Gasteiger partial charge in [0.1, 0.15) is 17.6 Å². The third-order valence-corrected chi connectivity index (χ3v) is 8.79. The summed E-state index contributed by atoms with van der Waals surface area (Å²) >= 11 is 0. The van der Waals surface area contributed by atoms with Crippen molar-refractivity contribution in [2.24, 2.45) is 22.7 Å². The molecule has 0 N–H and O–H groups in total. The first-order valence-electron chi connectivity index (χ1n) is 14.4. The van der Waals surface area contributed by atoms with Gasteiger partial charge in [-0.3, -0.25) is 4.79 Å². The van der Waals surface area contributed by atoms with E-state index in [0.29, 0.717) is 49.9 Å². The van der Waals surface area contributed by atoms with Crippen LogP contribution < -0.4 is 14.2 Å². The second-order valence-corrected chi connectivity index (χ2v) is 11.4. The number of aromatic nitrogens is 1. The first-order valence-corrected chi connectivity index (χ1v) is 14.4. The molecule has 2 bridgehead atoms. The van der Waals surface area contributed by atoms with Gasteiger partial charge in [-0.25, -0.2) is 14.8 Å². The number of amides is 1. The van der Waals surface area contributed by atoms with Crippen LogP contribution in [0.5, 0.6) is 17.4 Å².